The zero-order chi connectivity index (χ0) is 19.6. The predicted octanol–water partition coefficient (Wildman–Crippen LogP) is 4.46. The van der Waals surface area contributed by atoms with E-state index in [2.05, 4.69) is 33.8 Å². The van der Waals surface area contributed by atoms with Gasteiger partial charge in [0.1, 0.15) is 11.4 Å². The van der Waals surface area contributed by atoms with Crippen molar-refractivity contribution in [3.8, 4) is 17.0 Å². The van der Waals surface area contributed by atoms with Gasteiger partial charge in [-0.3, -0.25) is 0 Å². The summed E-state index contributed by atoms with van der Waals surface area (Å²) in [7, 11) is 0. The molecule has 0 aliphatic heterocycles. The van der Waals surface area contributed by atoms with E-state index in [9.17, 15) is 0 Å². The highest BCUT2D eigenvalue weighted by Gasteiger charge is 2.05. The minimum absolute atomic E-state index is 0.607. The number of hydrogen-bond donors (Lipinski definition) is 0. The Labute approximate surface area is 167 Å². The molecule has 0 aliphatic rings. The standard InChI is InChI=1S/C22H31N5O/c1-3-5-13-26(14-6-4-2)15-7-17-28-20-10-8-19(9-11-20)21-18-24-22-23-12-16-27(22)25-21/h8-12,16,18H,3-7,13-15,17H2,1-2H3. The molecule has 28 heavy (non-hydrogen) atoms. The molecule has 0 bridgehead atoms. The molecule has 150 valence electrons. The minimum Gasteiger partial charge on any atom is -0.494 e. The van der Waals surface area contributed by atoms with Crippen molar-refractivity contribution in [2.75, 3.05) is 26.2 Å². The van der Waals surface area contributed by atoms with Crippen LogP contribution in [0, 0.1) is 0 Å². The Morgan fingerprint density at radius 1 is 0.929 bits per heavy atom. The van der Waals surface area contributed by atoms with E-state index >= 15 is 0 Å². The lowest BCUT2D eigenvalue weighted by atomic mass is 10.1. The van der Waals surface area contributed by atoms with E-state index in [1.54, 1.807) is 23.1 Å². The molecule has 3 rings (SSSR count). The molecule has 0 N–H and O–H groups in total. The molecule has 0 aliphatic carbocycles. The molecule has 0 saturated heterocycles. The number of nitrogens with zero attached hydrogens (tertiary/aromatic N) is 5. The molecule has 0 atom stereocenters. The molecule has 0 saturated carbocycles. The average Bonchev–Trinajstić information content (AvgIpc) is 3.21. The maximum Gasteiger partial charge on any atom is 0.250 e. The third-order valence-corrected chi connectivity index (χ3v) is 4.81. The Morgan fingerprint density at radius 2 is 1.64 bits per heavy atom. The highest BCUT2D eigenvalue weighted by molar-refractivity contribution is 5.59. The van der Waals surface area contributed by atoms with Gasteiger partial charge in [0.15, 0.2) is 0 Å². The topological polar surface area (TPSA) is 55.5 Å². The number of aromatic nitrogens is 4. The lowest BCUT2D eigenvalue weighted by molar-refractivity contribution is 0.229. The minimum atomic E-state index is 0.607. The Bertz CT molecular complexity index is 822. The SMILES string of the molecule is CCCCN(CCCC)CCCOc1ccc(-c2cnc3nccn3n2)cc1. The van der Waals surface area contributed by atoms with Crippen LogP contribution in [0.25, 0.3) is 17.0 Å². The summed E-state index contributed by atoms with van der Waals surface area (Å²) in [6.07, 6.45) is 11.4. The van der Waals surface area contributed by atoms with Crippen LogP contribution in [0.15, 0.2) is 42.9 Å². The van der Waals surface area contributed by atoms with Crippen LogP contribution in [0.1, 0.15) is 46.0 Å². The fourth-order valence-electron chi connectivity index (χ4n) is 3.15. The molecule has 0 unspecified atom stereocenters. The van der Waals surface area contributed by atoms with Crippen molar-refractivity contribution >= 4 is 5.78 Å². The highest BCUT2D eigenvalue weighted by Crippen LogP contribution is 2.20. The molecule has 2 aromatic heterocycles. The maximum absolute atomic E-state index is 5.94. The van der Waals surface area contributed by atoms with Crippen LogP contribution in [0.4, 0.5) is 0 Å². The van der Waals surface area contributed by atoms with Crippen LogP contribution in [0.2, 0.25) is 0 Å². The third kappa shape index (κ3) is 5.76. The molecular formula is C22H31N5O. The first-order valence-corrected chi connectivity index (χ1v) is 10.4. The molecule has 0 spiro atoms. The Kier molecular flexibility index (Phi) is 7.79. The van der Waals surface area contributed by atoms with Gasteiger partial charge in [0, 0.05) is 18.3 Å². The number of benzene rings is 1. The van der Waals surface area contributed by atoms with Crippen LogP contribution >= 0.6 is 0 Å². The van der Waals surface area contributed by atoms with E-state index in [1.807, 2.05) is 24.3 Å². The lowest BCUT2D eigenvalue weighted by Crippen LogP contribution is -2.28. The van der Waals surface area contributed by atoms with Gasteiger partial charge in [-0.1, -0.05) is 26.7 Å². The number of hydrogen-bond acceptors (Lipinski definition) is 5. The predicted molar refractivity (Wildman–Crippen MR) is 113 cm³/mol. The molecule has 0 fully saturated rings. The molecule has 1 aromatic carbocycles. The van der Waals surface area contributed by atoms with Gasteiger partial charge >= 0.3 is 0 Å². The molecule has 3 aromatic rings. The van der Waals surface area contributed by atoms with Crippen LogP contribution in [0.3, 0.4) is 0 Å². The first-order chi connectivity index (χ1) is 13.8. The number of ether oxygens (including phenoxy) is 1. The van der Waals surface area contributed by atoms with Crippen molar-refractivity contribution in [3.63, 3.8) is 0 Å². The number of fused-ring (bicyclic) bond motifs is 1. The van der Waals surface area contributed by atoms with Gasteiger partial charge < -0.3 is 9.64 Å². The normalized spacial score (nSPS) is 11.4. The molecule has 6 nitrogen and oxygen atoms in total. The number of rotatable bonds is 12. The largest absolute Gasteiger partial charge is 0.494 e. The van der Waals surface area contributed by atoms with Crippen molar-refractivity contribution in [2.45, 2.75) is 46.0 Å². The van der Waals surface area contributed by atoms with Crippen LogP contribution < -0.4 is 4.74 Å². The lowest BCUT2D eigenvalue weighted by Gasteiger charge is -2.21. The Balaban J connectivity index is 1.47. The van der Waals surface area contributed by atoms with Crippen molar-refractivity contribution in [1.82, 2.24) is 24.5 Å². The summed E-state index contributed by atoms with van der Waals surface area (Å²) in [5.74, 6) is 1.50. The van der Waals surface area contributed by atoms with Gasteiger partial charge in [-0.05, 0) is 56.6 Å². The smallest absolute Gasteiger partial charge is 0.250 e. The van der Waals surface area contributed by atoms with Gasteiger partial charge in [0.2, 0.25) is 0 Å². The monoisotopic (exact) mass is 381 g/mol. The van der Waals surface area contributed by atoms with Crippen molar-refractivity contribution < 1.29 is 4.74 Å². The van der Waals surface area contributed by atoms with E-state index in [4.69, 9.17) is 4.74 Å². The van der Waals surface area contributed by atoms with Crippen molar-refractivity contribution in [1.29, 1.82) is 0 Å². The summed E-state index contributed by atoms with van der Waals surface area (Å²) in [6, 6.07) is 8.05. The maximum atomic E-state index is 5.94. The summed E-state index contributed by atoms with van der Waals surface area (Å²) in [5.41, 5.74) is 1.83. The van der Waals surface area contributed by atoms with Gasteiger partial charge in [0.25, 0.3) is 5.78 Å². The summed E-state index contributed by atoms with van der Waals surface area (Å²) in [6.45, 7) is 8.77. The Hall–Kier alpha value is -2.47. The second kappa shape index (κ2) is 10.8. The number of imidazole rings is 1. The van der Waals surface area contributed by atoms with Crippen LogP contribution in [0.5, 0.6) is 5.75 Å². The quantitative estimate of drug-likeness (QED) is 0.434. The Morgan fingerprint density at radius 3 is 2.36 bits per heavy atom. The third-order valence-electron chi connectivity index (χ3n) is 4.81. The molecule has 2 heterocycles. The van der Waals surface area contributed by atoms with Gasteiger partial charge in [-0.25, -0.2) is 14.5 Å². The van der Waals surface area contributed by atoms with Crippen LogP contribution in [-0.4, -0.2) is 50.7 Å². The number of unbranched alkanes of at least 4 members (excludes halogenated alkanes) is 2. The second-order valence-corrected chi connectivity index (χ2v) is 7.09. The van der Waals surface area contributed by atoms with Crippen molar-refractivity contribution in [3.05, 3.63) is 42.9 Å². The van der Waals surface area contributed by atoms with Crippen LogP contribution in [-0.2, 0) is 0 Å². The zero-order valence-electron chi connectivity index (χ0n) is 17.0. The van der Waals surface area contributed by atoms with E-state index < -0.39 is 0 Å². The summed E-state index contributed by atoms with van der Waals surface area (Å²) in [5, 5.41) is 4.52. The van der Waals surface area contributed by atoms with Gasteiger partial charge in [0.05, 0.1) is 19.0 Å². The summed E-state index contributed by atoms with van der Waals surface area (Å²) < 4.78 is 7.62. The average molecular weight is 382 g/mol. The molecule has 6 heteroatoms. The highest BCUT2D eigenvalue weighted by atomic mass is 16.5. The first kappa shape index (κ1) is 20.3. The van der Waals surface area contributed by atoms with E-state index in [0.717, 1.165) is 36.6 Å². The fraction of sp³-hybridized carbons (Fsp3) is 0.500. The van der Waals surface area contributed by atoms with Gasteiger partial charge in [-0.2, -0.15) is 5.10 Å². The molecule has 0 radical (unpaired) electrons. The summed E-state index contributed by atoms with van der Waals surface area (Å²) in [4.78, 5) is 11.0. The zero-order valence-corrected chi connectivity index (χ0v) is 17.0. The van der Waals surface area contributed by atoms with Crippen molar-refractivity contribution in [2.24, 2.45) is 0 Å². The first-order valence-electron chi connectivity index (χ1n) is 10.4. The van der Waals surface area contributed by atoms with E-state index in [0.29, 0.717) is 5.78 Å². The van der Waals surface area contributed by atoms with E-state index in [1.165, 1.54) is 38.8 Å². The molecule has 0 amide bonds. The van der Waals surface area contributed by atoms with Gasteiger partial charge in [-0.15, -0.1) is 0 Å². The molecular weight excluding hydrogens is 350 g/mol. The van der Waals surface area contributed by atoms with E-state index in [-0.39, 0.29) is 0 Å². The fourth-order valence-corrected chi connectivity index (χ4v) is 3.15. The second-order valence-electron chi connectivity index (χ2n) is 7.09. The summed E-state index contributed by atoms with van der Waals surface area (Å²) >= 11 is 0.